The summed E-state index contributed by atoms with van der Waals surface area (Å²) >= 11 is 1.20. The molecule has 1 aromatic heterocycles. The van der Waals surface area contributed by atoms with Crippen molar-refractivity contribution in [3.05, 3.63) is 101 Å². The zero-order valence-corrected chi connectivity index (χ0v) is 32.6. The molecule has 17 nitrogen and oxygen atoms in total. The molecule has 1 aliphatic heterocycles. The van der Waals surface area contributed by atoms with Gasteiger partial charge in [-0.1, -0.05) is 24.3 Å². The molecule has 1 aliphatic rings. The highest BCUT2D eigenvalue weighted by molar-refractivity contribution is 8.00. The van der Waals surface area contributed by atoms with E-state index in [4.69, 9.17) is 43.5 Å². The van der Waals surface area contributed by atoms with Gasteiger partial charge in [0.1, 0.15) is 36.7 Å². The number of carbonyl (C=O) groups excluding carboxylic acids is 3. The molecule has 58 heavy (non-hydrogen) atoms. The van der Waals surface area contributed by atoms with E-state index in [2.05, 4.69) is 14.6 Å². The number of esters is 2. The smallest absolute Gasteiger partial charge is 0.463 e. The van der Waals surface area contributed by atoms with Gasteiger partial charge in [0.15, 0.2) is 11.9 Å². The molecular formula is C36H38F3N4O13PS. The topological polar surface area (TPSA) is 228 Å². The normalized spacial score (nSPS) is 17.9. The molecule has 0 bridgehead atoms. The number of rotatable bonds is 19. The van der Waals surface area contributed by atoms with Gasteiger partial charge in [0.05, 0.1) is 56.1 Å². The van der Waals surface area contributed by atoms with Crippen molar-refractivity contribution >= 4 is 43.8 Å². The molecule has 1 saturated heterocycles. The van der Waals surface area contributed by atoms with E-state index in [1.54, 1.807) is 25.2 Å². The SMILES string of the molecule is CC(OC(=O)CCC(=O)OCCOP(=O)(O)O)OC(=O)O[C@@](Cn1cncn1)(c1ccc(F)cc1F)[C@@H](C)SC1COC(/C=C/C=C/c2ccc(C#N)cc2F)OC1. The fourth-order valence-corrected chi connectivity index (χ4v) is 6.96. The Morgan fingerprint density at radius 1 is 1.05 bits per heavy atom. The summed E-state index contributed by atoms with van der Waals surface area (Å²) in [7, 11) is -4.75. The summed E-state index contributed by atoms with van der Waals surface area (Å²) in [5, 5.41) is 11.7. The zero-order valence-electron chi connectivity index (χ0n) is 30.9. The first kappa shape index (κ1) is 45.6. The lowest BCUT2D eigenvalue weighted by atomic mass is 9.89. The monoisotopic (exact) mass is 854 g/mol. The highest BCUT2D eigenvalue weighted by Crippen LogP contribution is 2.42. The fraction of sp³-hybridized carbons (Fsp3) is 0.389. The van der Waals surface area contributed by atoms with Crippen molar-refractivity contribution in [3.8, 4) is 6.07 Å². The summed E-state index contributed by atoms with van der Waals surface area (Å²) in [4.78, 5) is 58.8. The van der Waals surface area contributed by atoms with E-state index in [1.807, 2.05) is 6.07 Å². The molecule has 1 fully saturated rings. The van der Waals surface area contributed by atoms with Crippen molar-refractivity contribution in [2.24, 2.45) is 0 Å². The highest BCUT2D eigenvalue weighted by Gasteiger charge is 2.47. The third-order valence-electron chi connectivity index (χ3n) is 7.95. The van der Waals surface area contributed by atoms with Gasteiger partial charge in [0.2, 0.25) is 6.29 Å². The molecule has 312 valence electrons. The molecule has 2 aromatic carbocycles. The Morgan fingerprint density at radius 3 is 2.45 bits per heavy atom. The maximum atomic E-state index is 15.7. The van der Waals surface area contributed by atoms with Crippen LogP contribution in [0.25, 0.3) is 6.08 Å². The summed E-state index contributed by atoms with van der Waals surface area (Å²) < 4.78 is 92.6. The van der Waals surface area contributed by atoms with Crippen molar-refractivity contribution in [1.82, 2.24) is 14.8 Å². The predicted molar refractivity (Wildman–Crippen MR) is 195 cm³/mol. The maximum Gasteiger partial charge on any atom is 0.512 e. The van der Waals surface area contributed by atoms with Crippen LogP contribution in [0.15, 0.2) is 67.3 Å². The molecule has 0 aliphatic carbocycles. The Morgan fingerprint density at radius 2 is 1.79 bits per heavy atom. The summed E-state index contributed by atoms with van der Waals surface area (Å²) in [6.45, 7) is 1.62. The Labute approximate surface area is 333 Å². The van der Waals surface area contributed by atoms with Gasteiger partial charge in [-0.15, -0.1) is 11.8 Å². The van der Waals surface area contributed by atoms with E-state index in [0.717, 1.165) is 18.2 Å². The van der Waals surface area contributed by atoms with Gasteiger partial charge < -0.3 is 38.2 Å². The minimum Gasteiger partial charge on any atom is -0.463 e. The van der Waals surface area contributed by atoms with Crippen molar-refractivity contribution in [3.63, 3.8) is 0 Å². The lowest BCUT2D eigenvalue weighted by molar-refractivity contribution is -0.173. The van der Waals surface area contributed by atoms with Crippen LogP contribution in [0, 0.1) is 28.8 Å². The van der Waals surface area contributed by atoms with Crippen LogP contribution < -0.4 is 0 Å². The molecule has 2 heterocycles. The lowest BCUT2D eigenvalue weighted by Crippen LogP contribution is -2.47. The third kappa shape index (κ3) is 14.4. The number of phosphoric acid groups is 1. The summed E-state index contributed by atoms with van der Waals surface area (Å²) in [6.07, 6.45) is 3.98. The Hall–Kier alpha value is -5.07. The molecular weight excluding hydrogens is 816 g/mol. The van der Waals surface area contributed by atoms with E-state index in [1.165, 1.54) is 54.2 Å². The van der Waals surface area contributed by atoms with Crippen molar-refractivity contribution in [2.75, 3.05) is 26.4 Å². The second-order valence-electron chi connectivity index (χ2n) is 12.2. The number of carbonyl (C=O) groups is 3. The molecule has 2 N–H and O–H groups in total. The van der Waals surface area contributed by atoms with Gasteiger partial charge >= 0.3 is 25.9 Å². The van der Waals surface area contributed by atoms with E-state index in [0.29, 0.717) is 6.07 Å². The lowest BCUT2D eigenvalue weighted by Gasteiger charge is -2.40. The molecule has 3 aromatic rings. The largest absolute Gasteiger partial charge is 0.512 e. The number of hydrogen-bond acceptors (Lipinski definition) is 15. The summed E-state index contributed by atoms with van der Waals surface area (Å²) in [5.74, 6) is -4.41. The molecule has 4 rings (SSSR count). The molecule has 0 radical (unpaired) electrons. The van der Waals surface area contributed by atoms with Gasteiger partial charge in [0.25, 0.3) is 0 Å². The average Bonchev–Trinajstić information content (AvgIpc) is 3.67. The molecule has 0 amide bonds. The van der Waals surface area contributed by atoms with Crippen molar-refractivity contribution < 1.29 is 74.9 Å². The number of nitriles is 1. The van der Waals surface area contributed by atoms with Crippen LogP contribution in [0.2, 0.25) is 0 Å². The summed E-state index contributed by atoms with van der Waals surface area (Å²) in [5.41, 5.74) is -1.76. The van der Waals surface area contributed by atoms with Crippen LogP contribution in [0.4, 0.5) is 18.0 Å². The minimum absolute atomic E-state index is 0.120. The first-order chi connectivity index (χ1) is 27.6. The minimum atomic E-state index is -4.75. The van der Waals surface area contributed by atoms with E-state index < -0.39 is 98.1 Å². The summed E-state index contributed by atoms with van der Waals surface area (Å²) in [6, 6.07) is 8.67. The number of ether oxygens (including phenoxy) is 6. The number of allylic oxidation sites excluding steroid dienone is 2. The third-order valence-corrected chi connectivity index (χ3v) is 9.91. The number of thioether (sulfide) groups is 1. The van der Waals surface area contributed by atoms with Gasteiger partial charge in [-0.2, -0.15) is 10.4 Å². The Kier molecular flexibility index (Phi) is 17.0. The molecule has 1 unspecified atom stereocenters. The second-order valence-corrected chi connectivity index (χ2v) is 15.1. The van der Waals surface area contributed by atoms with E-state index in [9.17, 15) is 27.7 Å². The Balaban J connectivity index is 1.41. The number of aromatic nitrogens is 3. The molecule has 3 atom stereocenters. The first-order valence-corrected chi connectivity index (χ1v) is 19.7. The van der Waals surface area contributed by atoms with Crippen LogP contribution in [0.3, 0.4) is 0 Å². The standard InChI is InChI=1S/C36H38F3N4O13PS/c1-23(58-28-18-51-34(52-19-28)6-4-3-5-26-8-7-25(17-40)15-30(26)38)36(20-43-22-41-21-42-43,29-10-9-27(37)16-31(29)39)56-35(46)55-24(2)54-33(45)12-11-32(44)50-13-14-53-57(47,48)49/h3-10,15-16,21-24,28,34H,11-14,18-20H2,1-2H3,(H2,47,48,49)/b5-3+,6-4+/t23-,24?,28?,34?,36-/m1/s1. The molecule has 0 saturated carbocycles. The van der Waals surface area contributed by atoms with E-state index in [-0.39, 0.29) is 36.4 Å². The number of benzene rings is 2. The Bertz CT molecular complexity index is 2020. The van der Waals surface area contributed by atoms with Crippen LogP contribution in [-0.4, -0.2) is 92.2 Å². The predicted octanol–water partition coefficient (Wildman–Crippen LogP) is 5.07. The van der Waals surface area contributed by atoms with Crippen LogP contribution in [-0.2, 0) is 59.2 Å². The number of hydrogen-bond donors (Lipinski definition) is 2. The molecule has 0 spiro atoms. The highest BCUT2D eigenvalue weighted by atomic mass is 32.2. The fourth-order valence-electron chi connectivity index (χ4n) is 5.29. The van der Waals surface area contributed by atoms with Crippen molar-refractivity contribution in [2.45, 2.75) is 61.9 Å². The second kappa shape index (κ2) is 21.6. The number of halogens is 3. The zero-order chi connectivity index (χ0) is 42.3. The van der Waals surface area contributed by atoms with Crippen LogP contribution >= 0.6 is 19.6 Å². The number of nitrogens with zero attached hydrogens (tertiary/aromatic N) is 4. The average molecular weight is 855 g/mol. The van der Waals surface area contributed by atoms with Gasteiger partial charge in [-0.05, 0) is 37.3 Å². The van der Waals surface area contributed by atoms with Crippen LogP contribution in [0.1, 0.15) is 43.4 Å². The maximum absolute atomic E-state index is 15.7. The number of phosphoric ester groups is 1. The quantitative estimate of drug-likeness (QED) is 0.0401. The van der Waals surface area contributed by atoms with Gasteiger partial charge in [-0.3, -0.25) is 14.1 Å². The first-order valence-electron chi connectivity index (χ1n) is 17.2. The van der Waals surface area contributed by atoms with Gasteiger partial charge in [0, 0.05) is 29.4 Å². The van der Waals surface area contributed by atoms with Gasteiger partial charge in [-0.25, -0.2) is 32.2 Å². The molecule has 22 heteroatoms. The van der Waals surface area contributed by atoms with Crippen LogP contribution in [0.5, 0.6) is 0 Å². The van der Waals surface area contributed by atoms with Crippen molar-refractivity contribution in [1.29, 1.82) is 5.26 Å². The van der Waals surface area contributed by atoms with E-state index >= 15 is 4.39 Å².